The van der Waals surface area contributed by atoms with E-state index in [1.54, 1.807) is 13.1 Å². The summed E-state index contributed by atoms with van der Waals surface area (Å²) in [5, 5.41) is 0. The van der Waals surface area contributed by atoms with Crippen LogP contribution in [0.5, 0.6) is 0 Å². The molecule has 1 heterocycles. The molecule has 1 aromatic heterocycles. The van der Waals surface area contributed by atoms with Crippen LogP contribution in [-0.2, 0) is 16.0 Å². The lowest BCUT2D eigenvalue weighted by Crippen LogP contribution is -2.11. The fourth-order valence-corrected chi connectivity index (χ4v) is 0.982. The molecule has 0 radical (unpaired) electrons. The van der Waals surface area contributed by atoms with Crippen LogP contribution in [0.15, 0.2) is 18.3 Å². The molecule has 13 heavy (non-hydrogen) atoms. The summed E-state index contributed by atoms with van der Waals surface area (Å²) in [4.78, 5) is 15.1. The van der Waals surface area contributed by atoms with Crippen molar-refractivity contribution in [2.45, 2.75) is 13.3 Å². The highest BCUT2D eigenvalue weighted by Gasteiger charge is 2.02. The summed E-state index contributed by atoms with van der Waals surface area (Å²) in [6, 6.07) is 3.77. The predicted octanol–water partition coefficient (Wildman–Crippen LogP) is -0.554. The van der Waals surface area contributed by atoms with Gasteiger partial charge in [0.15, 0.2) is 7.85 Å². The highest BCUT2D eigenvalue weighted by atomic mass is 16.5. The maximum Gasteiger partial charge on any atom is 0.310 e. The number of pyridine rings is 1. The quantitative estimate of drug-likeness (QED) is 0.459. The van der Waals surface area contributed by atoms with E-state index in [9.17, 15) is 4.79 Å². The van der Waals surface area contributed by atoms with Crippen molar-refractivity contribution in [1.29, 1.82) is 0 Å². The fraction of sp³-hybridized carbons (Fsp3) is 0.333. The van der Waals surface area contributed by atoms with Crippen LogP contribution >= 0.6 is 0 Å². The van der Waals surface area contributed by atoms with Crippen LogP contribution in [0.3, 0.4) is 0 Å². The molecule has 0 aliphatic rings. The highest BCUT2D eigenvalue weighted by molar-refractivity contribution is 6.30. The number of aromatic nitrogens is 1. The minimum Gasteiger partial charge on any atom is -0.466 e. The molecule has 0 atom stereocenters. The van der Waals surface area contributed by atoms with Crippen LogP contribution in [0.25, 0.3) is 0 Å². The minimum absolute atomic E-state index is 0.201. The van der Waals surface area contributed by atoms with Crippen LogP contribution in [-0.4, -0.2) is 25.4 Å². The van der Waals surface area contributed by atoms with Crippen molar-refractivity contribution in [2.75, 3.05) is 6.61 Å². The number of carbonyl (C=O) groups is 1. The molecule has 1 aromatic rings. The molecule has 0 aliphatic carbocycles. The largest absolute Gasteiger partial charge is 0.466 e. The Bertz CT molecular complexity index is 284. The second-order valence-corrected chi connectivity index (χ2v) is 2.79. The molecular weight excluding hydrogens is 165 g/mol. The maximum absolute atomic E-state index is 11.0. The zero-order valence-electron chi connectivity index (χ0n) is 7.91. The molecule has 4 heteroatoms. The summed E-state index contributed by atoms with van der Waals surface area (Å²) in [7, 11) is 1.91. The molecule has 0 N–H and O–H groups in total. The Labute approximate surface area is 78.5 Å². The number of hydrogen-bond donors (Lipinski definition) is 0. The molecule has 0 amide bonds. The van der Waals surface area contributed by atoms with E-state index in [1.165, 1.54) is 0 Å². The van der Waals surface area contributed by atoms with Crippen molar-refractivity contribution in [3.8, 4) is 0 Å². The lowest BCUT2D eigenvalue weighted by Gasteiger charge is -2.01. The molecule has 3 nitrogen and oxygen atoms in total. The topological polar surface area (TPSA) is 39.2 Å². The maximum atomic E-state index is 11.0. The molecule has 0 saturated carbocycles. The number of esters is 1. The number of rotatable bonds is 3. The Hall–Kier alpha value is -1.32. The Kier molecular flexibility index (Phi) is 3.49. The first-order valence-corrected chi connectivity index (χ1v) is 4.29. The van der Waals surface area contributed by atoms with Gasteiger partial charge < -0.3 is 4.74 Å². The second-order valence-electron chi connectivity index (χ2n) is 2.79. The lowest BCUT2D eigenvalue weighted by molar-refractivity contribution is -0.142. The van der Waals surface area contributed by atoms with E-state index in [-0.39, 0.29) is 5.97 Å². The summed E-state index contributed by atoms with van der Waals surface area (Å²) < 4.78 is 4.81. The molecule has 0 unspecified atom stereocenters. The predicted molar refractivity (Wildman–Crippen MR) is 52.8 cm³/mol. The molecule has 0 aromatic carbocycles. The van der Waals surface area contributed by atoms with Crippen molar-refractivity contribution in [1.82, 2.24) is 4.98 Å². The van der Waals surface area contributed by atoms with E-state index in [2.05, 4.69) is 4.98 Å². The summed E-state index contributed by atoms with van der Waals surface area (Å²) in [5.41, 5.74) is 1.84. The van der Waals surface area contributed by atoms with Gasteiger partial charge >= 0.3 is 5.97 Å². The number of hydrogen-bond acceptors (Lipinski definition) is 3. The van der Waals surface area contributed by atoms with Gasteiger partial charge in [0.25, 0.3) is 0 Å². The second kappa shape index (κ2) is 4.65. The summed E-state index contributed by atoms with van der Waals surface area (Å²) in [6.45, 7) is 2.23. The van der Waals surface area contributed by atoms with Gasteiger partial charge in [-0.3, -0.25) is 9.78 Å². The molecule has 0 saturated heterocycles. The van der Waals surface area contributed by atoms with Crippen molar-refractivity contribution in [3.05, 3.63) is 23.9 Å². The zero-order chi connectivity index (χ0) is 9.68. The van der Waals surface area contributed by atoms with E-state index >= 15 is 0 Å². The average Bonchev–Trinajstić information content (AvgIpc) is 2.09. The molecule has 0 spiro atoms. The van der Waals surface area contributed by atoms with E-state index in [0.717, 1.165) is 11.2 Å². The third-order valence-electron chi connectivity index (χ3n) is 1.63. The van der Waals surface area contributed by atoms with E-state index < -0.39 is 0 Å². The SMILES string of the molecule is Bc1ccc(CC(=O)OCC)cn1. The first-order valence-electron chi connectivity index (χ1n) is 4.29. The van der Waals surface area contributed by atoms with Crippen molar-refractivity contribution in [2.24, 2.45) is 0 Å². The lowest BCUT2D eigenvalue weighted by atomic mass is 10.0. The number of ether oxygens (including phenoxy) is 1. The summed E-state index contributed by atoms with van der Waals surface area (Å²) in [6.07, 6.45) is 2.01. The van der Waals surface area contributed by atoms with E-state index in [0.29, 0.717) is 13.0 Å². The van der Waals surface area contributed by atoms with Crippen LogP contribution in [0.2, 0.25) is 0 Å². The highest BCUT2D eigenvalue weighted by Crippen LogP contribution is 1.97. The van der Waals surface area contributed by atoms with Gasteiger partial charge in [-0.25, -0.2) is 0 Å². The summed E-state index contributed by atoms with van der Waals surface area (Å²) >= 11 is 0. The van der Waals surface area contributed by atoms with Gasteiger partial charge in [0.1, 0.15) is 0 Å². The Balaban J connectivity index is 2.54. The molecule has 0 fully saturated rings. The van der Waals surface area contributed by atoms with Crippen LogP contribution < -0.4 is 5.59 Å². The molecule has 0 aliphatic heterocycles. The molecule has 0 bridgehead atoms. The standard InChI is InChI=1S/C9H12BNO2/c1-2-13-9(12)5-7-3-4-8(10)11-6-7/h3-4,6H,2,5,10H2,1H3. The number of carbonyl (C=O) groups excluding carboxylic acids is 1. The third-order valence-corrected chi connectivity index (χ3v) is 1.63. The third kappa shape index (κ3) is 3.28. The molecular formula is C9H12BNO2. The molecule has 68 valence electrons. The van der Waals surface area contributed by atoms with Crippen LogP contribution in [0.4, 0.5) is 0 Å². The summed E-state index contributed by atoms with van der Waals surface area (Å²) in [5.74, 6) is -0.201. The average molecular weight is 177 g/mol. The van der Waals surface area contributed by atoms with Crippen LogP contribution in [0.1, 0.15) is 12.5 Å². The van der Waals surface area contributed by atoms with Gasteiger partial charge in [-0.1, -0.05) is 12.1 Å². The van der Waals surface area contributed by atoms with Crippen molar-refractivity contribution in [3.63, 3.8) is 0 Å². The van der Waals surface area contributed by atoms with Gasteiger partial charge in [-0.05, 0) is 18.1 Å². The number of nitrogens with zero attached hydrogens (tertiary/aromatic N) is 1. The van der Waals surface area contributed by atoms with Crippen molar-refractivity contribution >= 4 is 19.4 Å². The fourth-order valence-electron chi connectivity index (χ4n) is 0.982. The normalized spacial score (nSPS) is 9.62. The van der Waals surface area contributed by atoms with Crippen molar-refractivity contribution < 1.29 is 9.53 Å². The van der Waals surface area contributed by atoms with Gasteiger partial charge in [0.2, 0.25) is 0 Å². The van der Waals surface area contributed by atoms with Gasteiger partial charge in [-0.2, -0.15) is 0 Å². The van der Waals surface area contributed by atoms with E-state index in [4.69, 9.17) is 4.74 Å². The smallest absolute Gasteiger partial charge is 0.310 e. The van der Waals surface area contributed by atoms with Crippen LogP contribution in [0, 0.1) is 0 Å². The first-order chi connectivity index (χ1) is 6.22. The Morgan fingerprint density at radius 3 is 2.92 bits per heavy atom. The van der Waals surface area contributed by atoms with Gasteiger partial charge in [0.05, 0.1) is 13.0 Å². The molecule has 1 rings (SSSR count). The first kappa shape index (κ1) is 9.77. The zero-order valence-corrected chi connectivity index (χ0v) is 7.91. The van der Waals surface area contributed by atoms with E-state index in [1.807, 2.05) is 20.0 Å². The van der Waals surface area contributed by atoms with Gasteiger partial charge in [0, 0.05) is 6.20 Å². The van der Waals surface area contributed by atoms with Gasteiger partial charge in [-0.15, -0.1) is 0 Å². The Morgan fingerprint density at radius 1 is 1.62 bits per heavy atom. The minimum atomic E-state index is -0.201. The Morgan fingerprint density at radius 2 is 2.38 bits per heavy atom. The monoisotopic (exact) mass is 177 g/mol.